The van der Waals surface area contributed by atoms with Crippen molar-refractivity contribution in [2.45, 2.75) is 33.3 Å². The number of allylic oxidation sites excluding steroid dienone is 2. The van der Waals surface area contributed by atoms with E-state index in [2.05, 4.69) is 18.2 Å². The number of β-amino-alcohol motifs (C(OH)–C–C–N with tert-alkyl or cyclic N) is 1. The van der Waals surface area contributed by atoms with Gasteiger partial charge in [-0.15, -0.1) is 0 Å². The summed E-state index contributed by atoms with van der Waals surface area (Å²) in [6.45, 7) is 14.9. The second-order valence-corrected chi connectivity index (χ2v) is 3.37. The topological polar surface area (TPSA) is 35.8 Å². The number of aliphatic hydroxyl groups is 1. The number of hydrogen-bond donors (Lipinski definition) is 1. The standard InChI is InChI=1S/C10H16N2O.C2H6/c1-8(2)11-6-9(3)12-5-4-10(13)7-12;1-2/h6,10,13H,1,3-5,7H2,2H3;1-2H3. The van der Waals surface area contributed by atoms with E-state index in [1.165, 1.54) is 0 Å². The first kappa shape index (κ1) is 13.9. The van der Waals surface area contributed by atoms with Crippen molar-refractivity contribution < 1.29 is 5.11 Å². The molecule has 1 heterocycles. The summed E-state index contributed by atoms with van der Waals surface area (Å²) >= 11 is 0. The number of hydrogen-bond acceptors (Lipinski definition) is 3. The molecule has 86 valence electrons. The van der Waals surface area contributed by atoms with E-state index in [9.17, 15) is 5.11 Å². The van der Waals surface area contributed by atoms with Crippen LogP contribution in [0, 0.1) is 0 Å². The number of rotatable bonds is 3. The van der Waals surface area contributed by atoms with Gasteiger partial charge in [-0.3, -0.25) is 4.99 Å². The van der Waals surface area contributed by atoms with Gasteiger partial charge in [-0.1, -0.05) is 27.0 Å². The van der Waals surface area contributed by atoms with E-state index in [0.717, 1.165) is 24.4 Å². The van der Waals surface area contributed by atoms with Gasteiger partial charge in [-0.05, 0) is 13.3 Å². The molecular formula is C12H22N2O. The van der Waals surface area contributed by atoms with Crippen LogP contribution >= 0.6 is 0 Å². The number of nitrogens with zero attached hydrogens (tertiary/aromatic N) is 2. The zero-order valence-corrected chi connectivity index (χ0v) is 10.0. The molecule has 0 aromatic heterocycles. The van der Waals surface area contributed by atoms with Crippen molar-refractivity contribution in [1.29, 1.82) is 0 Å². The Morgan fingerprint density at radius 2 is 2.07 bits per heavy atom. The highest BCUT2D eigenvalue weighted by Gasteiger charge is 2.19. The third-order valence-electron chi connectivity index (χ3n) is 2.00. The second-order valence-electron chi connectivity index (χ2n) is 3.37. The molecule has 1 rings (SSSR count). The van der Waals surface area contributed by atoms with Crippen molar-refractivity contribution in [3.63, 3.8) is 0 Å². The van der Waals surface area contributed by atoms with Crippen LogP contribution < -0.4 is 0 Å². The van der Waals surface area contributed by atoms with Gasteiger partial charge in [0.1, 0.15) is 0 Å². The third kappa shape index (κ3) is 5.37. The van der Waals surface area contributed by atoms with Crippen LogP contribution in [0.5, 0.6) is 0 Å². The fraction of sp³-hybridized carbons (Fsp3) is 0.583. The minimum Gasteiger partial charge on any atom is -0.391 e. The minimum absolute atomic E-state index is 0.213. The molecule has 1 aliphatic rings. The Hall–Kier alpha value is -1.09. The highest BCUT2D eigenvalue weighted by atomic mass is 16.3. The van der Waals surface area contributed by atoms with E-state index >= 15 is 0 Å². The lowest BCUT2D eigenvalue weighted by Gasteiger charge is -2.16. The maximum atomic E-state index is 9.28. The predicted molar refractivity (Wildman–Crippen MR) is 66.0 cm³/mol. The van der Waals surface area contributed by atoms with Gasteiger partial charge in [-0.25, -0.2) is 0 Å². The van der Waals surface area contributed by atoms with Crippen LogP contribution in [0.1, 0.15) is 27.2 Å². The Kier molecular flexibility index (Phi) is 6.71. The molecule has 0 amide bonds. The summed E-state index contributed by atoms with van der Waals surface area (Å²) < 4.78 is 0. The SMILES string of the molecule is C=C(C)N=CC(=C)N1CCC(O)C1.CC. The Morgan fingerprint density at radius 3 is 2.47 bits per heavy atom. The molecular weight excluding hydrogens is 188 g/mol. The molecule has 3 nitrogen and oxygen atoms in total. The largest absolute Gasteiger partial charge is 0.391 e. The van der Waals surface area contributed by atoms with Crippen LogP contribution in [0.25, 0.3) is 0 Å². The molecule has 1 saturated heterocycles. The molecule has 3 heteroatoms. The molecule has 0 bridgehead atoms. The molecule has 1 N–H and O–H groups in total. The molecule has 1 unspecified atom stereocenters. The molecule has 0 saturated carbocycles. The lowest BCUT2D eigenvalue weighted by molar-refractivity contribution is 0.185. The van der Waals surface area contributed by atoms with Gasteiger partial charge in [0.2, 0.25) is 0 Å². The summed E-state index contributed by atoms with van der Waals surface area (Å²) in [6.07, 6.45) is 2.30. The number of likely N-dealkylation sites (tertiary alicyclic amines) is 1. The average molecular weight is 210 g/mol. The van der Waals surface area contributed by atoms with Gasteiger partial charge < -0.3 is 10.0 Å². The van der Waals surface area contributed by atoms with Crippen LogP contribution in [0.3, 0.4) is 0 Å². The summed E-state index contributed by atoms with van der Waals surface area (Å²) in [7, 11) is 0. The summed E-state index contributed by atoms with van der Waals surface area (Å²) in [5.74, 6) is 0. The minimum atomic E-state index is -0.213. The van der Waals surface area contributed by atoms with Crippen LogP contribution in [0.2, 0.25) is 0 Å². The maximum absolute atomic E-state index is 9.28. The van der Waals surface area contributed by atoms with Crippen molar-refractivity contribution in [2.24, 2.45) is 4.99 Å². The molecule has 1 atom stereocenters. The lowest BCUT2D eigenvalue weighted by atomic mass is 10.3. The normalized spacial score (nSPS) is 20.0. The molecule has 0 spiro atoms. The highest BCUT2D eigenvalue weighted by molar-refractivity contribution is 5.77. The number of aliphatic imine (C=N–C) groups is 1. The second kappa shape index (κ2) is 7.23. The van der Waals surface area contributed by atoms with Gasteiger partial charge >= 0.3 is 0 Å². The van der Waals surface area contributed by atoms with Crippen molar-refractivity contribution in [3.05, 3.63) is 24.6 Å². The molecule has 0 radical (unpaired) electrons. The third-order valence-corrected chi connectivity index (χ3v) is 2.00. The van der Waals surface area contributed by atoms with E-state index in [0.29, 0.717) is 6.54 Å². The summed E-state index contributed by atoms with van der Waals surface area (Å²) in [6, 6.07) is 0. The first-order valence-electron chi connectivity index (χ1n) is 5.41. The zero-order chi connectivity index (χ0) is 11.8. The quantitative estimate of drug-likeness (QED) is 0.725. The molecule has 0 aromatic rings. The van der Waals surface area contributed by atoms with Gasteiger partial charge in [0.05, 0.1) is 6.10 Å². The Morgan fingerprint density at radius 1 is 1.47 bits per heavy atom. The predicted octanol–water partition coefficient (Wildman–Crippen LogP) is 2.20. The van der Waals surface area contributed by atoms with Crippen LogP contribution in [0.15, 0.2) is 29.5 Å². The fourth-order valence-corrected chi connectivity index (χ4v) is 1.27. The molecule has 1 fully saturated rings. The smallest absolute Gasteiger partial charge is 0.0731 e. The van der Waals surface area contributed by atoms with Crippen LogP contribution in [-0.4, -0.2) is 35.4 Å². The highest BCUT2D eigenvalue weighted by Crippen LogP contribution is 2.12. The van der Waals surface area contributed by atoms with Crippen LogP contribution in [0.4, 0.5) is 0 Å². The van der Waals surface area contributed by atoms with Crippen molar-refractivity contribution in [3.8, 4) is 0 Å². The Balaban J connectivity index is 0.000000921. The first-order valence-corrected chi connectivity index (χ1v) is 5.41. The van der Waals surface area contributed by atoms with E-state index in [1.54, 1.807) is 6.21 Å². The Bertz CT molecular complexity index is 246. The van der Waals surface area contributed by atoms with E-state index in [-0.39, 0.29) is 6.10 Å². The summed E-state index contributed by atoms with van der Waals surface area (Å²) in [5, 5.41) is 9.28. The lowest BCUT2D eigenvalue weighted by Crippen LogP contribution is -2.21. The molecule has 15 heavy (non-hydrogen) atoms. The van der Waals surface area contributed by atoms with Gasteiger partial charge in [-0.2, -0.15) is 0 Å². The van der Waals surface area contributed by atoms with Crippen molar-refractivity contribution in [1.82, 2.24) is 4.90 Å². The van der Waals surface area contributed by atoms with Gasteiger partial charge in [0.25, 0.3) is 0 Å². The van der Waals surface area contributed by atoms with E-state index in [4.69, 9.17) is 0 Å². The van der Waals surface area contributed by atoms with Gasteiger partial charge in [0.15, 0.2) is 0 Å². The number of aliphatic hydroxyl groups excluding tert-OH is 1. The molecule has 1 aliphatic heterocycles. The summed E-state index contributed by atoms with van der Waals surface area (Å²) in [5.41, 5.74) is 1.61. The van der Waals surface area contributed by atoms with Gasteiger partial charge in [0, 0.05) is 30.7 Å². The Labute approximate surface area is 92.8 Å². The molecule has 0 aliphatic carbocycles. The van der Waals surface area contributed by atoms with Crippen LogP contribution in [-0.2, 0) is 0 Å². The van der Waals surface area contributed by atoms with Crippen molar-refractivity contribution in [2.75, 3.05) is 13.1 Å². The zero-order valence-electron chi connectivity index (χ0n) is 10.0. The van der Waals surface area contributed by atoms with E-state index in [1.807, 2.05) is 25.7 Å². The summed E-state index contributed by atoms with van der Waals surface area (Å²) in [4.78, 5) is 6.08. The maximum Gasteiger partial charge on any atom is 0.0731 e. The molecule has 0 aromatic carbocycles. The monoisotopic (exact) mass is 210 g/mol. The van der Waals surface area contributed by atoms with Crippen molar-refractivity contribution >= 4 is 6.21 Å². The fourth-order valence-electron chi connectivity index (χ4n) is 1.27. The van der Waals surface area contributed by atoms with E-state index < -0.39 is 0 Å². The average Bonchev–Trinajstić information content (AvgIpc) is 2.64. The first-order chi connectivity index (χ1) is 7.09.